The van der Waals surface area contributed by atoms with Gasteiger partial charge >= 0.3 is 6.18 Å². The molecule has 1 nitrogen and oxygen atoms in total. The maximum atomic E-state index is 12.7. The number of hydrogen-bond donors (Lipinski definition) is 0. The van der Waals surface area contributed by atoms with E-state index in [9.17, 15) is 13.2 Å². The zero-order valence-electron chi connectivity index (χ0n) is 7.61. The van der Waals surface area contributed by atoms with Crippen LogP contribution in [-0.4, -0.2) is 12.3 Å². The Hall–Kier alpha value is -0.840. The topological polar surface area (TPSA) is 12.4 Å². The Labute approximate surface area is 93.1 Å². The second-order valence-electron chi connectivity index (χ2n) is 3.27. The second kappa shape index (κ2) is 3.63. The fourth-order valence-corrected chi connectivity index (χ4v) is 1.72. The van der Waals surface area contributed by atoms with Crippen molar-refractivity contribution in [1.82, 2.24) is 0 Å². The fraction of sp³-hybridized carbons (Fsp3) is 0.300. The quantitative estimate of drug-likeness (QED) is 0.735. The fourth-order valence-electron chi connectivity index (χ4n) is 1.37. The molecule has 1 aliphatic heterocycles. The number of nitrogens with zero attached hydrogens (tertiary/aromatic N) is 1. The lowest BCUT2D eigenvalue weighted by atomic mass is 10.0. The van der Waals surface area contributed by atoms with Crippen molar-refractivity contribution in [3.8, 4) is 0 Å². The molecule has 0 N–H and O–H groups in total. The summed E-state index contributed by atoms with van der Waals surface area (Å²) in [5.41, 5.74) is 0.790. The molecule has 0 aromatic heterocycles. The van der Waals surface area contributed by atoms with Gasteiger partial charge in [-0.25, -0.2) is 0 Å². The Morgan fingerprint density at radius 2 is 2.00 bits per heavy atom. The van der Waals surface area contributed by atoms with Gasteiger partial charge < -0.3 is 0 Å². The number of benzene rings is 1. The highest BCUT2D eigenvalue weighted by atomic mass is 79.9. The summed E-state index contributed by atoms with van der Waals surface area (Å²) in [5, 5.41) is 0.419. The predicted octanol–water partition coefficient (Wildman–Crippen LogP) is 3.40. The Kier molecular flexibility index (Phi) is 2.58. The van der Waals surface area contributed by atoms with Crippen LogP contribution in [0.3, 0.4) is 0 Å². The summed E-state index contributed by atoms with van der Waals surface area (Å²) in [4.78, 5) is 3.81. The lowest BCUT2D eigenvalue weighted by Gasteiger charge is -2.11. The summed E-state index contributed by atoms with van der Waals surface area (Å²) in [6.07, 6.45) is -4.31. The number of hydrogen-bond acceptors (Lipinski definition) is 1. The maximum Gasteiger partial charge on any atom is 0.417 e. The van der Waals surface area contributed by atoms with E-state index in [1.165, 1.54) is 12.1 Å². The van der Waals surface area contributed by atoms with Crippen molar-refractivity contribution in [2.75, 3.05) is 6.54 Å². The third-order valence-corrected chi connectivity index (χ3v) is 2.82. The minimum absolute atomic E-state index is 0.215. The average molecular weight is 278 g/mol. The molecule has 0 unspecified atom stereocenters. The average Bonchev–Trinajstić information content (AvgIpc) is 2.99. The minimum Gasteiger partial charge on any atom is -0.281 e. The Bertz CT molecular complexity index is 423. The summed E-state index contributed by atoms with van der Waals surface area (Å²) in [6.45, 7) is 0.427. The number of rotatable bonds is 2. The van der Waals surface area contributed by atoms with Crippen LogP contribution in [0.2, 0.25) is 0 Å². The molecule has 0 fully saturated rings. The monoisotopic (exact) mass is 277 g/mol. The van der Waals surface area contributed by atoms with Gasteiger partial charge in [-0.1, -0.05) is 28.1 Å². The van der Waals surface area contributed by atoms with Gasteiger partial charge in [-0.2, -0.15) is 13.2 Å². The van der Waals surface area contributed by atoms with Gasteiger partial charge in [0, 0.05) is 10.9 Å². The Balaban J connectivity index is 2.51. The van der Waals surface area contributed by atoms with Crippen molar-refractivity contribution in [3.05, 3.63) is 34.9 Å². The van der Waals surface area contributed by atoms with E-state index in [4.69, 9.17) is 0 Å². The largest absolute Gasteiger partial charge is 0.417 e. The molecule has 0 saturated carbocycles. The summed E-state index contributed by atoms with van der Waals surface area (Å²) >= 11 is 3.14. The van der Waals surface area contributed by atoms with Crippen molar-refractivity contribution in [1.29, 1.82) is 0 Å². The molecule has 80 valence electrons. The van der Waals surface area contributed by atoms with Gasteiger partial charge in [0.05, 0.1) is 17.8 Å². The summed E-state index contributed by atoms with van der Waals surface area (Å²) in [5.74, 6) is 0. The highest BCUT2D eigenvalue weighted by Crippen LogP contribution is 2.34. The van der Waals surface area contributed by atoms with Crippen LogP contribution in [0.1, 0.15) is 16.7 Å². The zero-order valence-corrected chi connectivity index (χ0v) is 9.19. The van der Waals surface area contributed by atoms with E-state index in [-0.39, 0.29) is 5.56 Å². The van der Waals surface area contributed by atoms with E-state index in [2.05, 4.69) is 20.9 Å². The van der Waals surface area contributed by atoms with Crippen LogP contribution < -0.4 is 0 Å². The second-order valence-corrected chi connectivity index (χ2v) is 3.83. The van der Waals surface area contributed by atoms with E-state index in [0.29, 0.717) is 23.1 Å². The molecule has 0 aliphatic carbocycles. The van der Waals surface area contributed by atoms with E-state index in [1.54, 1.807) is 6.07 Å². The van der Waals surface area contributed by atoms with E-state index in [0.717, 1.165) is 0 Å². The molecule has 0 atom stereocenters. The molecule has 0 bridgehead atoms. The molecule has 15 heavy (non-hydrogen) atoms. The highest BCUT2D eigenvalue weighted by molar-refractivity contribution is 9.08. The minimum atomic E-state index is -4.31. The molecule has 0 spiro atoms. The predicted molar refractivity (Wildman–Crippen MR) is 55.5 cm³/mol. The lowest BCUT2D eigenvalue weighted by Crippen LogP contribution is -2.11. The van der Waals surface area contributed by atoms with Crippen molar-refractivity contribution < 1.29 is 13.2 Å². The van der Waals surface area contributed by atoms with Crippen LogP contribution in [0.4, 0.5) is 13.2 Å². The van der Waals surface area contributed by atoms with Gasteiger partial charge in [0.25, 0.3) is 0 Å². The highest BCUT2D eigenvalue weighted by Gasteiger charge is 2.35. The van der Waals surface area contributed by atoms with Crippen molar-refractivity contribution in [3.63, 3.8) is 0 Å². The zero-order chi connectivity index (χ0) is 11.1. The molecule has 1 aliphatic rings. The van der Waals surface area contributed by atoms with Crippen LogP contribution in [0.5, 0.6) is 0 Å². The first-order valence-electron chi connectivity index (χ1n) is 4.32. The van der Waals surface area contributed by atoms with Gasteiger partial charge in [-0.3, -0.25) is 4.99 Å². The SMILES string of the molecule is FC(F)(F)c1cc(CBr)ccc1C1=NC1. The molecule has 0 saturated heterocycles. The Morgan fingerprint density at radius 1 is 1.33 bits per heavy atom. The van der Waals surface area contributed by atoms with Gasteiger partial charge in [-0.15, -0.1) is 0 Å². The lowest BCUT2D eigenvalue weighted by molar-refractivity contribution is -0.137. The van der Waals surface area contributed by atoms with Gasteiger partial charge in [0.1, 0.15) is 0 Å². The molecular weight excluding hydrogens is 271 g/mol. The summed E-state index contributed by atoms with van der Waals surface area (Å²) in [6, 6.07) is 4.34. The molecule has 2 rings (SSSR count). The van der Waals surface area contributed by atoms with Crippen LogP contribution in [0.15, 0.2) is 23.2 Å². The molecule has 1 aromatic carbocycles. The molecule has 1 heterocycles. The maximum absolute atomic E-state index is 12.7. The summed E-state index contributed by atoms with van der Waals surface area (Å²) in [7, 11) is 0. The molecule has 0 radical (unpaired) electrons. The first-order chi connectivity index (χ1) is 7.02. The van der Waals surface area contributed by atoms with Gasteiger partial charge in [-0.05, 0) is 11.6 Å². The third kappa shape index (κ3) is 2.22. The van der Waals surface area contributed by atoms with Crippen LogP contribution in [-0.2, 0) is 11.5 Å². The van der Waals surface area contributed by atoms with Gasteiger partial charge in [0.2, 0.25) is 0 Å². The molecule has 5 heteroatoms. The number of alkyl halides is 4. The molecule has 0 amide bonds. The standard InChI is InChI=1S/C10H7BrF3N/c11-4-6-1-2-7(9-5-15-9)8(3-6)10(12,13)14/h1-3H,4-5H2. The normalized spacial score (nSPS) is 15.1. The summed E-state index contributed by atoms with van der Waals surface area (Å²) < 4.78 is 38.0. The van der Waals surface area contributed by atoms with E-state index >= 15 is 0 Å². The first-order valence-corrected chi connectivity index (χ1v) is 5.44. The first kappa shape index (κ1) is 10.7. The third-order valence-electron chi connectivity index (χ3n) is 2.17. The van der Waals surface area contributed by atoms with Crippen LogP contribution in [0.25, 0.3) is 0 Å². The molecular formula is C10H7BrF3N. The van der Waals surface area contributed by atoms with Gasteiger partial charge in [0.15, 0.2) is 0 Å². The molecule has 1 aromatic rings. The van der Waals surface area contributed by atoms with Crippen LogP contribution in [0, 0.1) is 0 Å². The van der Waals surface area contributed by atoms with E-state index < -0.39 is 11.7 Å². The number of halogens is 4. The smallest absolute Gasteiger partial charge is 0.281 e. The van der Waals surface area contributed by atoms with Crippen LogP contribution >= 0.6 is 15.9 Å². The number of aliphatic imine (C=N–C) groups is 1. The van der Waals surface area contributed by atoms with E-state index in [1.807, 2.05) is 0 Å². The van der Waals surface area contributed by atoms with Crippen molar-refractivity contribution in [2.45, 2.75) is 11.5 Å². The van der Waals surface area contributed by atoms with Crippen molar-refractivity contribution in [2.24, 2.45) is 4.99 Å². The van der Waals surface area contributed by atoms with Crippen molar-refractivity contribution >= 4 is 21.6 Å². The Morgan fingerprint density at radius 3 is 2.47 bits per heavy atom.